The van der Waals surface area contributed by atoms with Crippen molar-refractivity contribution in [2.75, 3.05) is 21.3 Å². The standard InChI is InChI=1S/C25H28N4O3/c1-30-15-5-6-19-17(9-15)24(7-4-8-24)23(27)29(19)14-12-25(13-14)16-10-20(31-2)21(32-3)11-18(16)28-22(25)26/h5-6,9-11,14,27H,4,7-8,12-13H2,1-3H3,(H2,26,28)/p+1. The van der Waals surface area contributed by atoms with E-state index in [1.54, 1.807) is 21.3 Å². The first-order valence-corrected chi connectivity index (χ1v) is 11.2. The summed E-state index contributed by atoms with van der Waals surface area (Å²) in [5.74, 6) is 3.91. The topological polar surface area (TPSA) is 95.1 Å². The molecule has 32 heavy (non-hydrogen) atoms. The first-order valence-electron chi connectivity index (χ1n) is 11.2. The number of ether oxygens (including phenoxy) is 3. The predicted molar refractivity (Wildman–Crippen MR) is 123 cm³/mol. The van der Waals surface area contributed by atoms with Crippen molar-refractivity contribution in [3.05, 3.63) is 41.5 Å². The molecule has 7 heteroatoms. The number of hydrogen-bond donors (Lipinski definition) is 2. The highest BCUT2D eigenvalue weighted by Crippen LogP contribution is 2.58. The summed E-state index contributed by atoms with van der Waals surface area (Å²) in [7, 11) is 5.01. The highest BCUT2D eigenvalue weighted by atomic mass is 16.5. The van der Waals surface area contributed by atoms with Crippen molar-refractivity contribution >= 4 is 23.0 Å². The molecule has 0 aromatic heterocycles. The minimum Gasteiger partial charge on any atom is -0.497 e. The smallest absolute Gasteiger partial charge is 0.258 e. The van der Waals surface area contributed by atoms with E-state index in [0.717, 1.165) is 48.5 Å². The number of benzene rings is 2. The van der Waals surface area contributed by atoms with Crippen LogP contribution in [0.25, 0.3) is 0 Å². The average Bonchev–Trinajstić information content (AvgIpc) is 3.17. The van der Waals surface area contributed by atoms with E-state index in [1.807, 2.05) is 18.2 Å². The number of methoxy groups -OCH3 is 3. The molecule has 2 fully saturated rings. The summed E-state index contributed by atoms with van der Waals surface area (Å²) in [5, 5.41) is 0. The van der Waals surface area contributed by atoms with Crippen LogP contribution in [0.1, 0.15) is 43.2 Å². The van der Waals surface area contributed by atoms with Gasteiger partial charge in [0, 0.05) is 24.5 Å². The molecule has 0 saturated heterocycles. The van der Waals surface area contributed by atoms with Crippen molar-refractivity contribution < 1.29 is 18.8 Å². The number of hydrogen-bond acceptors (Lipinski definition) is 6. The van der Waals surface area contributed by atoms with Crippen molar-refractivity contribution in [3.8, 4) is 17.2 Å². The summed E-state index contributed by atoms with van der Waals surface area (Å²) in [4.78, 5) is 4.70. The Balaban J connectivity index is 1.39. The first-order chi connectivity index (χ1) is 15.5. The number of nitrogens with two attached hydrogens (primary N) is 2. The Kier molecular flexibility index (Phi) is 3.89. The Morgan fingerprint density at radius 1 is 0.906 bits per heavy atom. The Morgan fingerprint density at radius 2 is 1.62 bits per heavy atom. The largest absolute Gasteiger partial charge is 0.497 e. The third-order valence-corrected chi connectivity index (χ3v) is 8.22. The lowest BCUT2D eigenvalue weighted by Gasteiger charge is -2.45. The summed E-state index contributed by atoms with van der Waals surface area (Å²) in [6.07, 6.45) is 5.13. The second kappa shape index (κ2) is 6.40. The zero-order valence-corrected chi connectivity index (χ0v) is 18.8. The predicted octanol–water partition coefficient (Wildman–Crippen LogP) is 3.25. The van der Waals surface area contributed by atoms with Crippen LogP contribution in [0.5, 0.6) is 17.2 Å². The minimum absolute atomic E-state index is 0.0452. The van der Waals surface area contributed by atoms with Gasteiger partial charge in [-0.2, -0.15) is 0 Å². The molecular formula is C25H29N4O3+. The third-order valence-electron chi connectivity index (χ3n) is 8.22. The normalized spacial score (nSPS) is 26.3. The molecule has 2 aliphatic carbocycles. The molecule has 0 amide bonds. The molecular weight excluding hydrogens is 404 g/mol. The van der Waals surface area contributed by atoms with E-state index in [9.17, 15) is 0 Å². The Morgan fingerprint density at radius 3 is 2.25 bits per heavy atom. The van der Waals surface area contributed by atoms with Crippen molar-refractivity contribution in [1.29, 1.82) is 0 Å². The van der Waals surface area contributed by atoms with Gasteiger partial charge in [0.05, 0.1) is 32.4 Å². The number of amidine groups is 2. The minimum atomic E-state index is -0.276. The van der Waals surface area contributed by atoms with Crippen LogP contribution >= 0.6 is 0 Å². The third kappa shape index (κ3) is 2.21. The first kappa shape index (κ1) is 19.5. The lowest BCUT2D eigenvalue weighted by molar-refractivity contribution is -0.504. The maximum atomic E-state index is 6.88. The number of nitrogens with zero attached hydrogens (tertiary/aromatic N) is 2. The van der Waals surface area contributed by atoms with Crippen molar-refractivity contribution in [2.45, 2.75) is 49.0 Å². The molecule has 2 spiro atoms. The van der Waals surface area contributed by atoms with E-state index in [-0.39, 0.29) is 16.9 Å². The average molecular weight is 434 g/mol. The molecule has 2 aromatic rings. The van der Waals surface area contributed by atoms with Crippen molar-refractivity contribution in [2.24, 2.45) is 16.5 Å². The molecule has 0 bridgehead atoms. The van der Waals surface area contributed by atoms with Gasteiger partial charge in [-0.05, 0) is 42.7 Å². The second-order valence-electron chi connectivity index (χ2n) is 9.44. The molecule has 2 saturated carbocycles. The van der Waals surface area contributed by atoms with Gasteiger partial charge in [-0.1, -0.05) is 6.42 Å². The second-order valence-corrected chi connectivity index (χ2v) is 9.44. The molecule has 4 aliphatic rings. The number of rotatable bonds is 4. The highest BCUT2D eigenvalue weighted by Gasteiger charge is 2.61. The molecule has 166 valence electrons. The number of fused-ring (bicyclic) bond motifs is 4. The van der Waals surface area contributed by atoms with Crippen LogP contribution < -0.4 is 25.7 Å². The van der Waals surface area contributed by atoms with Gasteiger partial charge in [0.15, 0.2) is 11.5 Å². The van der Waals surface area contributed by atoms with Gasteiger partial charge < -0.3 is 19.9 Å². The molecule has 6 rings (SSSR count). The van der Waals surface area contributed by atoms with Crippen LogP contribution in [0.15, 0.2) is 35.3 Å². The van der Waals surface area contributed by atoms with Gasteiger partial charge in [0.2, 0.25) is 0 Å². The summed E-state index contributed by atoms with van der Waals surface area (Å²) in [6.45, 7) is 0. The van der Waals surface area contributed by atoms with Crippen LogP contribution in [0.4, 0.5) is 11.4 Å². The molecule has 0 radical (unpaired) electrons. The highest BCUT2D eigenvalue weighted by molar-refractivity contribution is 6.01. The molecule has 0 unspecified atom stereocenters. The van der Waals surface area contributed by atoms with E-state index in [0.29, 0.717) is 17.3 Å². The van der Waals surface area contributed by atoms with Gasteiger partial charge in [-0.15, -0.1) is 0 Å². The molecule has 2 aliphatic heterocycles. The fraction of sp³-hybridized carbons (Fsp3) is 0.440. The summed E-state index contributed by atoms with van der Waals surface area (Å²) in [6, 6.07) is 10.6. The number of aliphatic imine (C=N–C) groups is 1. The van der Waals surface area contributed by atoms with Crippen LogP contribution in [-0.4, -0.2) is 43.6 Å². The lowest BCUT2D eigenvalue weighted by atomic mass is 9.61. The van der Waals surface area contributed by atoms with E-state index in [4.69, 9.17) is 30.7 Å². The van der Waals surface area contributed by atoms with Gasteiger partial charge in [0.1, 0.15) is 28.7 Å². The summed E-state index contributed by atoms with van der Waals surface area (Å²) in [5.41, 5.74) is 17.6. The van der Waals surface area contributed by atoms with E-state index in [1.165, 1.54) is 17.7 Å². The zero-order valence-electron chi connectivity index (χ0n) is 18.8. The fourth-order valence-electron chi connectivity index (χ4n) is 6.26. The SMILES string of the molecule is COc1ccc2c(c1)C1(CCC1)C(N)=[N+]2C1CC2(C1)C(N)=Nc1cc(OC)c(OC)cc12. The van der Waals surface area contributed by atoms with E-state index >= 15 is 0 Å². The van der Waals surface area contributed by atoms with Crippen LogP contribution in [-0.2, 0) is 10.8 Å². The van der Waals surface area contributed by atoms with Gasteiger partial charge in [-0.3, -0.25) is 5.73 Å². The van der Waals surface area contributed by atoms with Gasteiger partial charge >= 0.3 is 0 Å². The van der Waals surface area contributed by atoms with Gasteiger partial charge in [0.25, 0.3) is 5.84 Å². The van der Waals surface area contributed by atoms with Crippen LogP contribution in [0.3, 0.4) is 0 Å². The molecule has 0 atom stereocenters. The summed E-state index contributed by atoms with van der Waals surface area (Å²) < 4.78 is 18.9. The van der Waals surface area contributed by atoms with Crippen LogP contribution in [0.2, 0.25) is 0 Å². The van der Waals surface area contributed by atoms with Crippen molar-refractivity contribution in [3.63, 3.8) is 0 Å². The monoisotopic (exact) mass is 433 g/mol. The van der Waals surface area contributed by atoms with Crippen LogP contribution in [0, 0.1) is 0 Å². The Bertz CT molecular complexity index is 1210. The Labute approximate surface area is 187 Å². The van der Waals surface area contributed by atoms with Crippen molar-refractivity contribution in [1.82, 2.24) is 0 Å². The zero-order chi connectivity index (χ0) is 22.3. The molecule has 2 aromatic carbocycles. The maximum Gasteiger partial charge on any atom is 0.258 e. The van der Waals surface area contributed by atoms with E-state index in [2.05, 4.69) is 16.7 Å². The lowest BCUT2D eigenvalue weighted by Crippen LogP contribution is -2.57. The summed E-state index contributed by atoms with van der Waals surface area (Å²) >= 11 is 0. The molecule has 2 heterocycles. The fourth-order valence-corrected chi connectivity index (χ4v) is 6.26. The van der Waals surface area contributed by atoms with Gasteiger partial charge in [-0.25, -0.2) is 9.57 Å². The van der Waals surface area contributed by atoms with E-state index < -0.39 is 0 Å². The Hall–Kier alpha value is -3.22. The quantitative estimate of drug-likeness (QED) is 0.722. The molecule has 4 N–H and O–H groups in total. The maximum absolute atomic E-state index is 6.88. The molecule has 7 nitrogen and oxygen atoms in total.